The Hall–Kier alpha value is -0.890. The summed E-state index contributed by atoms with van der Waals surface area (Å²) < 4.78 is 13.3. The van der Waals surface area contributed by atoms with Gasteiger partial charge in [0.05, 0.1) is 0 Å². The fraction of sp³-hybridized carbons (Fsp3) is 0.625. The van der Waals surface area contributed by atoms with Gasteiger partial charge in [-0.3, -0.25) is 0 Å². The van der Waals surface area contributed by atoms with Crippen LogP contribution in [0.4, 0.5) is 4.39 Å². The van der Waals surface area contributed by atoms with Crippen molar-refractivity contribution in [3.8, 4) is 0 Å². The van der Waals surface area contributed by atoms with Crippen molar-refractivity contribution in [1.82, 2.24) is 5.32 Å². The second-order valence-electron chi connectivity index (χ2n) is 6.25. The zero-order valence-electron chi connectivity index (χ0n) is 11.1. The van der Waals surface area contributed by atoms with Gasteiger partial charge in [-0.2, -0.15) is 0 Å². The molecule has 2 unspecified atom stereocenters. The van der Waals surface area contributed by atoms with E-state index in [0.29, 0.717) is 5.41 Å². The molecule has 2 atom stereocenters. The average molecular weight is 247 g/mol. The summed E-state index contributed by atoms with van der Waals surface area (Å²) in [6, 6.07) is 7.15. The minimum Gasteiger partial charge on any atom is -0.316 e. The van der Waals surface area contributed by atoms with Gasteiger partial charge in [0.1, 0.15) is 5.82 Å². The van der Waals surface area contributed by atoms with Gasteiger partial charge in [0.2, 0.25) is 0 Å². The molecule has 1 aromatic rings. The molecule has 0 aliphatic heterocycles. The highest BCUT2D eigenvalue weighted by Gasteiger charge is 2.53. The Bertz CT molecular complexity index is 419. The van der Waals surface area contributed by atoms with Gasteiger partial charge in [-0.1, -0.05) is 19.1 Å². The lowest BCUT2D eigenvalue weighted by Crippen LogP contribution is -2.35. The lowest BCUT2D eigenvalue weighted by Gasteiger charge is -2.31. The Morgan fingerprint density at radius 3 is 2.78 bits per heavy atom. The maximum atomic E-state index is 13.3. The van der Waals surface area contributed by atoms with Gasteiger partial charge in [-0.05, 0) is 67.2 Å². The number of nitrogens with one attached hydrogen (secondary N) is 1. The molecule has 1 N–H and O–H groups in total. The third kappa shape index (κ3) is 2.44. The largest absolute Gasteiger partial charge is 0.316 e. The van der Waals surface area contributed by atoms with E-state index in [1.54, 1.807) is 6.07 Å². The first-order chi connectivity index (χ1) is 8.71. The third-order valence-electron chi connectivity index (χ3n) is 4.68. The molecule has 0 heterocycles. The van der Waals surface area contributed by atoms with Gasteiger partial charge in [-0.25, -0.2) is 4.39 Å². The molecule has 0 amide bonds. The molecule has 98 valence electrons. The highest BCUT2D eigenvalue weighted by Crippen LogP contribution is 2.60. The lowest BCUT2D eigenvalue weighted by atomic mass is 9.77. The van der Waals surface area contributed by atoms with Crippen LogP contribution in [-0.2, 0) is 6.42 Å². The summed E-state index contributed by atoms with van der Waals surface area (Å²) in [5.41, 5.74) is 1.55. The molecule has 0 spiro atoms. The van der Waals surface area contributed by atoms with Gasteiger partial charge in [0.15, 0.2) is 0 Å². The molecule has 0 radical (unpaired) electrons. The predicted molar refractivity (Wildman–Crippen MR) is 71.9 cm³/mol. The van der Waals surface area contributed by atoms with Crippen LogP contribution in [0.5, 0.6) is 0 Å². The van der Waals surface area contributed by atoms with Gasteiger partial charge in [-0.15, -0.1) is 0 Å². The van der Waals surface area contributed by atoms with E-state index >= 15 is 0 Å². The minimum absolute atomic E-state index is 0.103. The number of fused-ring (bicyclic) bond motifs is 1. The van der Waals surface area contributed by atoms with Crippen molar-refractivity contribution in [3.05, 3.63) is 35.6 Å². The molecule has 2 aliphatic rings. The number of benzene rings is 1. The molecular weight excluding hydrogens is 225 g/mol. The Morgan fingerprint density at radius 2 is 2.11 bits per heavy atom. The van der Waals surface area contributed by atoms with E-state index in [-0.39, 0.29) is 5.82 Å². The van der Waals surface area contributed by atoms with Crippen LogP contribution in [-0.4, -0.2) is 13.1 Å². The van der Waals surface area contributed by atoms with Crippen molar-refractivity contribution in [2.45, 2.75) is 32.6 Å². The molecular formula is C16H22FN. The highest BCUT2D eigenvalue weighted by atomic mass is 19.1. The average Bonchev–Trinajstić information content (AvgIpc) is 2.95. The number of halogens is 1. The molecule has 0 bridgehead atoms. The van der Waals surface area contributed by atoms with E-state index in [0.717, 1.165) is 36.9 Å². The van der Waals surface area contributed by atoms with Crippen molar-refractivity contribution >= 4 is 0 Å². The number of hydrogen-bond acceptors (Lipinski definition) is 1. The van der Waals surface area contributed by atoms with Crippen LogP contribution in [0.3, 0.4) is 0 Å². The number of rotatable bonds is 5. The van der Waals surface area contributed by atoms with Crippen molar-refractivity contribution in [1.29, 1.82) is 0 Å². The molecule has 2 saturated carbocycles. The van der Waals surface area contributed by atoms with Crippen molar-refractivity contribution < 1.29 is 4.39 Å². The van der Waals surface area contributed by atoms with E-state index in [1.807, 2.05) is 6.07 Å². The third-order valence-corrected chi connectivity index (χ3v) is 4.68. The van der Waals surface area contributed by atoms with Crippen LogP contribution in [0.1, 0.15) is 31.7 Å². The quantitative estimate of drug-likeness (QED) is 0.841. The molecule has 1 nitrogen and oxygen atoms in total. The van der Waals surface area contributed by atoms with E-state index in [1.165, 1.54) is 25.3 Å². The molecule has 0 aromatic heterocycles. The topological polar surface area (TPSA) is 12.0 Å². The van der Waals surface area contributed by atoms with E-state index in [4.69, 9.17) is 0 Å². The Morgan fingerprint density at radius 1 is 1.33 bits per heavy atom. The molecule has 0 saturated heterocycles. The molecule has 2 aliphatic carbocycles. The molecule has 2 fully saturated rings. The fourth-order valence-electron chi connectivity index (χ4n) is 3.83. The maximum Gasteiger partial charge on any atom is 0.123 e. The standard InChI is InChI=1S/C16H22FN/c1-2-18-11-16(9-13-7-14(13)10-16)8-12-4-3-5-15(17)6-12/h3-6,13-14,18H,2,7-11H2,1H3. The monoisotopic (exact) mass is 247 g/mol. The second kappa shape index (κ2) is 4.65. The summed E-state index contributed by atoms with van der Waals surface area (Å²) in [5, 5.41) is 3.51. The summed E-state index contributed by atoms with van der Waals surface area (Å²) in [6.45, 7) is 4.28. The Balaban J connectivity index is 1.73. The van der Waals surface area contributed by atoms with Crippen molar-refractivity contribution in [3.63, 3.8) is 0 Å². The fourth-order valence-corrected chi connectivity index (χ4v) is 3.83. The molecule has 1 aromatic carbocycles. The first-order valence-electron chi connectivity index (χ1n) is 7.16. The Labute approximate surface area is 109 Å². The van der Waals surface area contributed by atoms with Crippen LogP contribution < -0.4 is 5.32 Å². The summed E-state index contributed by atoms with van der Waals surface area (Å²) in [6.07, 6.45) is 5.14. The predicted octanol–water partition coefficient (Wildman–Crippen LogP) is 3.39. The molecule has 2 heteroatoms. The van der Waals surface area contributed by atoms with Gasteiger partial charge < -0.3 is 5.32 Å². The highest BCUT2D eigenvalue weighted by molar-refractivity contribution is 5.20. The second-order valence-corrected chi connectivity index (χ2v) is 6.25. The lowest BCUT2D eigenvalue weighted by molar-refractivity contribution is 0.250. The van der Waals surface area contributed by atoms with E-state index in [9.17, 15) is 4.39 Å². The van der Waals surface area contributed by atoms with Crippen LogP contribution in [0.25, 0.3) is 0 Å². The smallest absolute Gasteiger partial charge is 0.123 e. The summed E-state index contributed by atoms with van der Waals surface area (Å²) in [7, 11) is 0. The zero-order valence-corrected chi connectivity index (χ0v) is 11.1. The Kier molecular flexibility index (Phi) is 3.14. The van der Waals surface area contributed by atoms with Crippen molar-refractivity contribution in [2.75, 3.05) is 13.1 Å². The normalized spacial score (nSPS) is 33.4. The van der Waals surface area contributed by atoms with Crippen molar-refractivity contribution in [2.24, 2.45) is 17.3 Å². The molecule has 3 rings (SSSR count). The van der Waals surface area contributed by atoms with E-state index in [2.05, 4.69) is 18.3 Å². The van der Waals surface area contributed by atoms with E-state index < -0.39 is 0 Å². The molecule has 18 heavy (non-hydrogen) atoms. The van der Waals surface area contributed by atoms with Gasteiger partial charge in [0.25, 0.3) is 0 Å². The van der Waals surface area contributed by atoms with Crippen LogP contribution in [0.2, 0.25) is 0 Å². The summed E-state index contributed by atoms with van der Waals surface area (Å²) in [5.74, 6) is 1.84. The maximum absolute atomic E-state index is 13.3. The minimum atomic E-state index is -0.103. The summed E-state index contributed by atoms with van der Waals surface area (Å²) in [4.78, 5) is 0. The zero-order chi connectivity index (χ0) is 12.6. The number of hydrogen-bond donors (Lipinski definition) is 1. The van der Waals surface area contributed by atoms with Gasteiger partial charge >= 0.3 is 0 Å². The first-order valence-corrected chi connectivity index (χ1v) is 7.16. The van der Waals surface area contributed by atoms with Crippen LogP contribution >= 0.6 is 0 Å². The van der Waals surface area contributed by atoms with Gasteiger partial charge in [0, 0.05) is 6.54 Å². The SMILES string of the molecule is CCNCC1(Cc2cccc(F)c2)CC2CC2C1. The summed E-state index contributed by atoms with van der Waals surface area (Å²) >= 11 is 0. The van der Waals surface area contributed by atoms with Crippen LogP contribution in [0, 0.1) is 23.1 Å². The first kappa shape index (κ1) is 12.2. The van der Waals surface area contributed by atoms with Crippen LogP contribution in [0.15, 0.2) is 24.3 Å².